The fourth-order valence-electron chi connectivity index (χ4n) is 0.675. The molecule has 1 aromatic rings. The van der Waals surface area contributed by atoms with Crippen molar-refractivity contribution in [2.24, 2.45) is 0 Å². The average molecular weight is 141 g/mol. The molecule has 0 radical (unpaired) electrons. The van der Waals surface area contributed by atoms with Gasteiger partial charge in [0.05, 0.1) is 6.20 Å². The molecule has 56 valence electrons. The molecule has 0 spiro atoms. The van der Waals surface area contributed by atoms with E-state index in [1.807, 2.05) is 13.8 Å². The Morgan fingerprint density at radius 3 is 2.70 bits per heavy atom. The fraction of sp³-hybridized carbons (Fsp3) is 0.429. The van der Waals surface area contributed by atoms with Gasteiger partial charge in [0.25, 0.3) is 0 Å². The number of aromatic hydroxyl groups is 1. The van der Waals surface area contributed by atoms with Gasteiger partial charge in [0, 0.05) is 12.3 Å². The first-order chi connectivity index (χ1) is 4.68. The van der Waals surface area contributed by atoms with Crippen LogP contribution in [0.2, 0.25) is 0 Å². The topological polar surface area (TPSA) is 34.4 Å². The second kappa shape index (κ2) is 2.64. The molecule has 10 heavy (non-hydrogen) atoms. The lowest BCUT2D eigenvalue weighted by molar-refractivity contribution is 0.0600. The Morgan fingerprint density at radius 2 is 2.30 bits per heavy atom. The van der Waals surface area contributed by atoms with Crippen LogP contribution in [0, 0.1) is 0 Å². The Hall–Kier alpha value is -1.12. The SMILES string of the molecule is CC(C)On1ccc(O)c1. The van der Waals surface area contributed by atoms with E-state index in [1.54, 1.807) is 12.3 Å². The molecule has 1 rings (SSSR count). The summed E-state index contributed by atoms with van der Waals surface area (Å²) in [6.07, 6.45) is 3.31. The van der Waals surface area contributed by atoms with Crippen molar-refractivity contribution >= 4 is 0 Å². The van der Waals surface area contributed by atoms with E-state index < -0.39 is 0 Å². The smallest absolute Gasteiger partial charge is 0.136 e. The monoisotopic (exact) mass is 141 g/mol. The second-order valence-electron chi connectivity index (χ2n) is 2.38. The molecule has 3 nitrogen and oxygen atoms in total. The van der Waals surface area contributed by atoms with Crippen LogP contribution in [-0.4, -0.2) is 15.9 Å². The maximum atomic E-state index is 8.87. The zero-order chi connectivity index (χ0) is 7.56. The molecule has 0 amide bonds. The maximum Gasteiger partial charge on any atom is 0.136 e. The minimum absolute atomic E-state index is 0.131. The molecule has 0 fully saturated rings. The van der Waals surface area contributed by atoms with Gasteiger partial charge in [-0.25, -0.2) is 0 Å². The van der Waals surface area contributed by atoms with Crippen molar-refractivity contribution in [2.75, 3.05) is 0 Å². The van der Waals surface area contributed by atoms with Gasteiger partial charge in [-0.1, -0.05) is 0 Å². The zero-order valence-electron chi connectivity index (χ0n) is 6.11. The molecule has 3 heteroatoms. The summed E-state index contributed by atoms with van der Waals surface area (Å²) in [5.74, 6) is 0.223. The summed E-state index contributed by atoms with van der Waals surface area (Å²) in [6.45, 7) is 3.86. The van der Waals surface area contributed by atoms with Crippen LogP contribution in [0.15, 0.2) is 18.5 Å². The highest BCUT2D eigenvalue weighted by atomic mass is 16.7. The second-order valence-corrected chi connectivity index (χ2v) is 2.38. The summed E-state index contributed by atoms with van der Waals surface area (Å²) in [4.78, 5) is 5.19. The first-order valence-electron chi connectivity index (χ1n) is 3.22. The lowest BCUT2D eigenvalue weighted by atomic mass is 10.5. The van der Waals surface area contributed by atoms with Crippen LogP contribution in [0.1, 0.15) is 13.8 Å². The Kier molecular flexibility index (Phi) is 1.85. The van der Waals surface area contributed by atoms with Crippen molar-refractivity contribution in [3.05, 3.63) is 18.5 Å². The van der Waals surface area contributed by atoms with E-state index in [2.05, 4.69) is 0 Å². The zero-order valence-corrected chi connectivity index (χ0v) is 6.11. The van der Waals surface area contributed by atoms with Crippen LogP contribution in [0.4, 0.5) is 0 Å². The fourth-order valence-corrected chi connectivity index (χ4v) is 0.675. The summed E-state index contributed by atoms with van der Waals surface area (Å²) in [7, 11) is 0. The van der Waals surface area contributed by atoms with Crippen LogP contribution >= 0.6 is 0 Å². The molecule has 0 saturated carbocycles. The Labute approximate surface area is 59.8 Å². The third kappa shape index (κ3) is 1.69. The minimum atomic E-state index is 0.131. The van der Waals surface area contributed by atoms with E-state index in [0.29, 0.717) is 0 Å². The van der Waals surface area contributed by atoms with Crippen LogP contribution < -0.4 is 4.84 Å². The van der Waals surface area contributed by atoms with Gasteiger partial charge >= 0.3 is 0 Å². The average Bonchev–Trinajstić information content (AvgIpc) is 2.13. The van der Waals surface area contributed by atoms with Gasteiger partial charge in [-0.2, -0.15) is 4.73 Å². The molecule has 0 aliphatic carbocycles. The summed E-state index contributed by atoms with van der Waals surface area (Å²) >= 11 is 0. The van der Waals surface area contributed by atoms with Gasteiger partial charge in [0.15, 0.2) is 0 Å². The van der Waals surface area contributed by atoms with E-state index in [-0.39, 0.29) is 11.9 Å². The van der Waals surface area contributed by atoms with Crippen molar-refractivity contribution in [1.82, 2.24) is 4.73 Å². The number of nitrogens with zero attached hydrogens (tertiary/aromatic N) is 1. The molecule has 0 aliphatic heterocycles. The predicted molar refractivity (Wildman–Crippen MR) is 37.8 cm³/mol. The molecule has 1 N–H and O–H groups in total. The first-order valence-corrected chi connectivity index (χ1v) is 3.22. The van der Waals surface area contributed by atoms with E-state index in [4.69, 9.17) is 9.94 Å². The lowest BCUT2D eigenvalue weighted by Gasteiger charge is -2.08. The summed E-state index contributed by atoms with van der Waals surface area (Å²) in [5, 5.41) is 8.87. The van der Waals surface area contributed by atoms with Crippen LogP contribution in [0.25, 0.3) is 0 Å². The van der Waals surface area contributed by atoms with E-state index in [0.717, 1.165) is 0 Å². The predicted octanol–water partition coefficient (Wildman–Crippen LogP) is 1.03. The highest BCUT2D eigenvalue weighted by molar-refractivity contribution is 5.13. The van der Waals surface area contributed by atoms with Gasteiger partial charge in [-0.05, 0) is 13.8 Å². The summed E-state index contributed by atoms with van der Waals surface area (Å²) < 4.78 is 1.49. The molecule has 0 aromatic carbocycles. The van der Waals surface area contributed by atoms with Crippen molar-refractivity contribution in [1.29, 1.82) is 0 Å². The van der Waals surface area contributed by atoms with Crippen LogP contribution in [0.3, 0.4) is 0 Å². The molecule has 0 saturated heterocycles. The Morgan fingerprint density at radius 1 is 1.60 bits per heavy atom. The van der Waals surface area contributed by atoms with Crippen LogP contribution in [-0.2, 0) is 0 Å². The van der Waals surface area contributed by atoms with Crippen molar-refractivity contribution in [3.63, 3.8) is 0 Å². The van der Waals surface area contributed by atoms with E-state index in [1.165, 1.54) is 10.9 Å². The first kappa shape index (κ1) is 6.99. The largest absolute Gasteiger partial charge is 0.506 e. The molecular weight excluding hydrogens is 130 g/mol. The molecule has 0 atom stereocenters. The number of hydrogen-bond acceptors (Lipinski definition) is 2. The maximum absolute atomic E-state index is 8.87. The van der Waals surface area contributed by atoms with Crippen molar-refractivity contribution in [2.45, 2.75) is 20.0 Å². The Balaban J connectivity index is 2.58. The molecule has 1 aromatic heterocycles. The van der Waals surface area contributed by atoms with Crippen LogP contribution in [0.5, 0.6) is 5.75 Å². The van der Waals surface area contributed by atoms with Gasteiger partial charge in [0.1, 0.15) is 11.9 Å². The van der Waals surface area contributed by atoms with Gasteiger partial charge in [-0.15, -0.1) is 0 Å². The van der Waals surface area contributed by atoms with E-state index >= 15 is 0 Å². The normalized spacial score (nSPS) is 10.3. The highest BCUT2D eigenvalue weighted by Crippen LogP contribution is 2.06. The number of rotatable bonds is 2. The van der Waals surface area contributed by atoms with Gasteiger partial charge in [-0.3, -0.25) is 0 Å². The van der Waals surface area contributed by atoms with E-state index in [9.17, 15) is 0 Å². The third-order valence-corrected chi connectivity index (χ3v) is 0.984. The van der Waals surface area contributed by atoms with Gasteiger partial charge < -0.3 is 9.94 Å². The number of aromatic nitrogens is 1. The van der Waals surface area contributed by atoms with Gasteiger partial charge in [0.2, 0.25) is 0 Å². The summed E-state index contributed by atoms with van der Waals surface area (Å²) in [5.41, 5.74) is 0. The molecule has 0 bridgehead atoms. The van der Waals surface area contributed by atoms with Crippen molar-refractivity contribution < 1.29 is 9.94 Å². The third-order valence-electron chi connectivity index (χ3n) is 0.984. The molecular formula is C7H11NO2. The Bertz CT molecular complexity index is 205. The molecule has 0 aliphatic rings. The molecule has 0 unspecified atom stereocenters. The number of hydrogen-bond donors (Lipinski definition) is 1. The lowest BCUT2D eigenvalue weighted by Crippen LogP contribution is -2.16. The quantitative estimate of drug-likeness (QED) is 0.667. The van der Waals surface area contributed by atoms with Crippen molar-refractivity contribution in [3.8, 4) is 5.75 Å². The standard InChI is InChI=1S/C7H11NO2/c1-6(2)10-8-4-3-7(9)5-8/h3-6,9H,1-2H3. The molecule has 1 heterocycles. The minimum Gasteiger partial charge on any atom is -0.506 e. The highest BCUT2D eigenvalue weighted by Gasteiger charge is 1.95. The summed E-state index contributed by atoms with van der Waals surface area (Å²) in [6, 6.07) is 1.57.